The molecule has 0 radical (unpaired) electrons. The Kier molecular flexibility index (Phi) is 7.12. The van der Waals surface area contributed by atoms with Crippen molar-refractivity contribution in [3.63, 3.8) is 0 Å². The summed E-state index contributed by atoms with van der Waals surface area (Å²) in [5.41, 5.74) is 3.85. The average molecular weight is 415 g/mol. The molecule has 0 aliphatic heterocycles. The van der Waals surface area contributed by atoms with Crippen LogP contribution in [0.15, 0.2) is 36.4 Å². The summed E-state index contributed by atoms with van der Waals surface area (Å²) >= 11 is 0. The summed E-state index contributed by atoms with van der Waals surface area (Å²) in [4.78, 5) is 0. The van der Waals surface area contributed by atoms with Gasteiger partial charge in [0.2, 0.25) is 0 Å². The van der Waals surface area contributed by atoms with Crippen LogP contribution in [0.25, 0.3) is 0 Å². The van der Waals surface area contributed by atoms with Crippen LogP contribution in [0.3, 0.4) is 0 Å². The molecule has 0 amide bonds. The molecule has 0 aliphatic carbocycles. The van der Waals surface area contributed by atoms with E-state index in [1.165, 1.54) is 0 Å². The quantitative estimate of drug-likeness (QED) is 0.528. The van der Waals surface area contributed by atoms with E-state index < -0.39 is 12.2 Å². The molecule has 0 aliphatic rings. The van der Waals surface area contributed by atoms with E-state index in [4.69, 9.17) is 9.47 Å². The Morgan fingerprint density at radius 3 is 1.57 bits per heavy atom. The van der Waals surface area contributed by atoms with E-state index in [2.05, 4.69) is 10.2 Å². The lowest BCUT2D eigenvalue weighted by Crippen LogP contribution is -2.25. The molecule has 3 aromatic rings. The van der Waals surface area contributed by atoms with Crippen LogP contribution >= 0.6 is 0 Å². The number of nitrogens with zero attached hydrogens (tertiary/aromatic N) is 4. The van der Waals surface area contributed by atoms with E-state index >= 15 is 0 Å². The van der Waals surface area contributed by atoms with Crippen molar-refractivity contribution in [2.75, 3.05) is 13.2 Å². The van der Waals surface area contributed by atoms with Crippen LogP contribution in [-0.2, 0) is 13.1 Å². The molecular weight excluding hydrogens is 384 g/mol. The van der Waals surface area contributed by atoms with E-state index in [1.807, 2.05) is 45.9 Å². The maximum absolute atomic E-state index is 10.2. The molecule has 8 nitrogen and oxygen atoms in total. The van der Waals surface area contributed by atoms with Crippen LogP contribution in [0.1, 0.15) is 22.8 Å². The molecule has 0 unspecified atom stereocenters. The van der Waals surface area contributed by atoms with Gasteiger partial charge in [-0.25, -0.2) is 0 Å². The minimum Gasteiger partial charge on any atom is -0.491 e. The van der Waals surface area contributed by atoms with Crippen molar-refractivity contribution >= 4 is 0 Å². The van der Waals surface area contributed by atoms with Crippen molar-refractivity contribution in [2.24, 2.45) is 0 Å². The maximum Gasteiger partial charge on any atom is 0.123 e. The number of hydrogen-bond acceptors (Lipinski definition) is 6. The zero-order valence-electron chi connectivity index (χ0n) is 17.9. The van der Waals surface area contributed by atoms with Gasteiger partial charge in [-0.15, -0.1) is 0 Å². The van der Waals surface area contributed by atoms with Crippen molar-refractivity contribution in [3.05, 3.63) is 59.2 Å². The number of aryl methyl sites for hydroxylation is 4. The first-order valence-electron chi connectivity index (χ1n) is 10.0. The predicted octanol–water partition coefficient (Wildman–Crippen LogP) is 2.19. The fraction of sp³-hybridized carbons (Fsp3) is 0.455. The summed E-state index contributed by atoms with van der Waals surface area (Å²) in [6.45, 7) is 8.78. The van der Waals surface area contributed by atoms with E-state index in [0.29, 0.717) is 24.6 Å². The Hall–Kier alpha value is -2.84. The average Bonchev–Trinajstić information content (AvgIpc) is 3.18. The first-order chi connectivity index (χ1) is 14.3. The Morgan fingerprint density at radius 2 is 1.20 bits per heavy atom. The first kappa shape index (κ1) is 21.9. The van der Waals surface area contributed by atoms with Gasteiger partial charge in [0.1, 0.15) is 36.9 Å². The first-order valence-corrected chi connectivity index (χ1v) is 10.0. The minimum absolute atomic E-state index is 0.141. The standard InChI is InChI=1S/C22H30N4O4/c1-15-8-17(3)25(23-15)11-19(27)13-29-21-6-5-7-22(10-21)30-14-20(28)12-26-18(4)9-16(2)24-26/h5-10,19-20,27-28H,11-14H2,1-4H3/t19-,20+. The SMILES string of the molecule is Cc1cc(C)n(C[C@H](O)COc2cccc(OC[C@H](O)Cn3nc(C)cc3C)c2)n1. The second-order valence-corrected chi connectivity index (χ2v) is 7.62. The highest BCUT2D eigenvalue weighted by Gasteiger charge is 2.12. The Bertz CT molecular complexity index is 892. The number of hydrogen-bond donors (Lipinski definition) is 2. The van der Waals surface area contributed by atoms with Gasteiger partial charge in [-0.3, -0.25) is 9.36 Å². The summed E-state index contributed by atoms with van der Waals surface area (Å²) in [6.07, 6.45) is -1.37. The van der Waals surface area contributed by atoms with E-state index in [0.717, 1.165) is 22.8 Å². The molecule has 0 fully saturated rings. The summed E-state index contributed by atoms with van der Waals surface area (Å²) in [5, 5.41) is 29.2. The summed E-state index contributed by atoms with van der Waals surface area (Å²) in [5.74, 6) is 1.18. The highest BCUT2D eigenvalue weighted by molar-refractivity contribution is 5.33. The van der Waals surface area contributed by atoms with Crippen LogP contribution in [0.4, 0.5) is 0 Å². The molecule has 2 heterocycles. The number of rotatable bonds is 10. The van der Waals surface area contributed by atoms with Crippen LogP contribution in [0, 0.1) is 27.7 Å². The predicted molar refractivity (Wildman–Crippen MR) is 113 cm³/mol. The largest absolute Gasteiger partial charge is 0.491 e. The van der Waals surface area contributed by atoms with Crippen molar-refractivity contribution in [1.82, 2.24) is 19.6 Å². The smallest absolute Gasteiger partial charge is 0.123 e. The minimum atomic E-state index is -0.685. The summed E-state index contributed by atoms with van der Waals surface area (Å²) < 4.78 is 14.9. The van der Waals surface area contributed by atoms with Crippen molar-refractivity contribution < 1.29 is 19.7 Å². The van der Waals surface area contributed by atoms with Crippen LogP contribution < -0.4 is 9.47 Å². The van der Waals surface area contributed by atoms with Crippen molar-refractivity contribution in [3.8, 4) is 11.5 Å². The van der Waals surface area contributed by atoms with Gasteiger partial charge in [0, 0.05) is 17.5 Å². The van der Waals surface area contributed by atoms with E-state index in [9.17, 15) is 10.2 Å². The number of aliphatic hydroxyl groups excluding tert-OH is 2. The fourth-order valence-corrected chi connectivity index (χ4v) is 3.26. The zero-order chi connectivity index (χ0) is 21.7. The number of aromatic nitrogens is 4. The summed E-state index contributed by atoms with van der Waals surface area (Å²) in [6, 6.07) is 11.1. The van der Waals surface area contributed by atoms with Crippen molar-refractivity contribution in [2.45, 2.75) is 53.0 Å². The van der Waals surface area contributed by atoms with Gasteiger partial charge in [0.25, 0.3) is 0 Å². The fourth-order valence-electron chi connectivity index (χ4n) is 3.26. The highest BCUT2D eigenvalue weighted by atomic mass is 16.5. The number of benzene rings is 1. The maximum atomic E-state index is 10.2. The van der Waals surface area contributed by atoms with Crippen molar-refractivity contribution in [1.29, 1.82) is 0 Å². The molecule has 162 valence electrons. The summed E-state index contributed by atoms with van der Waals surface area (Å²) in [7, 11) is 0. The molecule has 30 heavy (non-hydrogen) atoms. The molecule has 1 aromatic carbocycles. The molecule has 0 spiro atoms. The third-order valence-corrected chi connectivity index (χ3v) is 4.66. The molecule has 0 saturated heterocycles. The molecular formula is C22H30N4O4. The molecule has 3 rings (SSSR count). The molecule has 2 N–H and O–H groups in total. The van der Waals surface area contributed by atoms with Gasteiger partial charge in [0.15, 0.2) is 0 Å². The molecule has 0 bridgehead atoms. The normalized spacial score (nSPS) is 13.3. The van der Waals surface area contributed by atoms with Crippen LogP contribution in [0.5, 0.6) is 11.5 Å². The van der Waals surface area contributed by atoms with Gasteiger partial charge in [-0.2, -0.15) is 10.2 Å². The Morgan fingerprint density at radius 1 is 0.767 bits per heavy atom. The Labute approximate surface area is 176 Å². The number of ether oxygens (including phenoxy) is 2. The Balaban J connectivity index is 1.47. The lowest BCUT2D eigenvalue weighted by Gasteiger charge is -2.15. The van der Waals surface area contributed by atoms with Gasteiger partial charge >= 0.3 is 0 Å². The van der Waals surface area contributed by atoms with Crippen LogP contribution in [-0.4, -0.2) is 55.2 Å². The molecule has 2 atom stereocenters. The molecule has 8 heteroatoms. The third kappa shape index (κ3) is 6.08. The number of aliphatic hydroxyl groups is 2. The second-order valence-electron chi connectivity index (χ2n) is 7.62. The molecule has 0 saturated carbocycles. The topological polar surface area (TPSA) is 94.6 Å². The van der Waals surface area contributed by atoms with Gasteiger partial charge in [-0.05, 0) is 52.0 Å². The third-order valence-electron chi connectivity index (χ3n) is 4.66. The van der Waals surface area contributed by atoms with E-state index in [1.54, 1.807) is 27.6 Å². The molecule has 2 aromatic heterocycles. The lowest BCUT2D eigenvalue weighted by atomic mass is 10.3. The monoisotopic (exact) mass is 414 g/mol. The van der Waals surface area contributed by atoms with Gasteiger partial charge in [0.05, 0.1) is 24.5 Å². The van der Waals surface area contributed by atoms with Gasteiger partial charge < -0.3 is 19.7 Å². The van der Waals surface area contributed by atoms with Crippen LogP contribution in [0.2, 0.25) is 0 Å². The lowest BCUT2D eigenvalue weighted by molar-refractivity contribution is 0.0854. The highest BCUT2D eigenvalue weighted by Crippen LogP contribution is 2.20. The van der Waals surface area contributed by atoms with E-state index in [-0.39, 0.29) is 13.2 Å². The van der Waals surface area contributed by atoms with Gasteiger partial charge in [-0.1, -0.05) is 6.07 Å². The zero-order valence-corrected chi connectivity index (χ0v) is 17.9. The second kappa shape index (κ2) is 9.77.